The SMILES string of the molecule is CC(=O)N[C@]12C(N)=NC[C@H]1O[C@@H]1OC(C)(C)O[C@@H]12. The number of carbonyl (C=O) groups is 1. The van der Waals surface area contributed by atoms with Gasteiger partial charge in [0.1, 0.15) is 18.0 Å². The normalized spacial score (nSPS) is 44.4. The van der Waals surface area contributed by atoms with Crippen molar-refractivity contribution in [2.75, 3.05) is 6.54 Å². The monoisotopic (exact) mass is 255 g/mol. The van der Waals surface area contributed by atoms with Crippen LogP contribution in [0.25, 0.3) is 0 Å². The first-order valence-electron chi connectivity index (χ1n) is 5.95. The molecule has 3 heterocycles. The van der Waals surface area contributed by atoms with Gasteiger partial charge < -0.3 is 25.3 Å². The number of ether oxygens (including phenoxy) is 3. The van der Waals surface area contributed by atoms with Crippen molar-refractivity contribution < 1.29 is 19.0 Å². The maximum Gasteiger partial charge on any atom is 0.217 e. The summed E-state index contributed by atoms with van der Waals surface area (Å²) in [6.45, 7) is 5.44. The van der Waals surface area contributed by atoms with E-state index in [1.165, 1.54) is 6.92 Å². The third-order valence-corrected chi connectivity index (χ3v) is 3.55. The van der Waals surface area contributed by atoms with Crippen molar-refractivity contribution in [3.8, 4) is 0 Å². The molecule has 0 unspecified atom stereocenters. The lowest BCUT2D eigenvalue weighted by Crippen LogP contribution is -2.66. The predicted octanol–water partition coefficient (Wildman–Crippen LogP) is -0.891. The second kappa shape index (κ2) is 3.43. The number of amidine groups is 1. The van der Waals surface area contributed by atoms with Crippen molar-refractivity contribution in [2.24, 2.45) is 10.7 Å². The number of hydrogen-bond acceptors (Lipinski definition) is 6. The van der Waals surface area contributed by atoms with Gasteiger partial charge in [-0.3, -0.25) is 9.79 Å². The van der Waals surface area contributed by atoms with Crippen LogP contribution in [0.15, 0.2) is 4.99 Å². The van der Waals surface area contributed by atoms with Crippen molar-refractivity contribution >= 4 is 11.7 Å². The average molecular weight is 255 g/mol. The second-order valence-electron chi connectivity index (χ2n) is 5.33. The Hall–Kier alpha value is -1.18. The van der Waals surface area contributed by atoms with Crippen molar-refractivity contribution in [3.63, 3.8) is 0 Å². The zero-order valence-electron chi connectivity index (χ0n) is 10.6. The number of hydrogen-bond donors (Lipinski definition) is 2. The lowest BCUT2D eigenvalue weighted by molar-refractivity contribution is -0.207. The highest BCUT2D eigenvalue weighted by atomic mass is 16.8. The maximum absolute atomic E-state index is 11.5. The van der Waals surface area contributed by atoms with Crippen LogP contribution in [0, 0.1) is 0 Å². The van der Waals surface area contributed by atoms with E-state index in [4.69, 9.17) is 19.9 Å². The van der Waals surface area contributed by atoms with Crippen molar-refractivity contribution in [3.05, 3.63) is 0 Å². The minimum Gasteiger partial charge on any atom is -0.385 e. The minimum absolute atomic E-state index is 0.197. The molecule has 0 aromatic carbocycles. The molecular formula is C11H17N3O4. The third-order valence-electron chi connectivity index (χ3n) is 3.55. The summed E-state index contributed by atoms with van der Waals surface area (Å²) >= 11 is 0. The van der Waals surface area contributed by atoms with E-state index < -0.39 is 23.7 Å². The van der Waals surface area contributed by atoms with E-state index in [-0.39, 0.29) is 12.0 Å². The Bertz CT molecular complexity index is 436. The number of nitrogens with one attached hydrogen (secondary N) is 1. The summed E-state index contributed by atoms with van der Waals surface area (Å²) in [4.78, 5) is 15.6. The molecule has 3 aliphatic rings. The summed E-state index contributed by atoms with van der Waals surface area (Å²) in [7, 11) is 0. The van der Waals surface area contributed by atoms with Crippen LogP contribution in [-0.4, -0.2) is 48.1 Å². The maximum atomic E-state index is 11.5. The lowest BCUT2D eigenvalue weighted by Gasteiger charge is -2.33. The predicted molar refractivity (Wildman–Crippen MR) is 61.7 cm³/mol. The van der Waals surface area contributed by atoms with Crippen molar-refractivity contribution in [1.29, 1.82) is 0 Å². The molecule has 0 aromatic rings. The molecule has 0 radical (unpaired) electrons. The Morgan fingerprint density at radius 2 is 2.22 bits per heavy atom. The minimum atomic E-state index is -0.899. The van der Waals surface area contributed by atoms with Gasteiger partial charge in [0.05, 0.1) is 6.54 Å². The summed E-state index contributed by atoms with van der Waals surface area (Å²) in [6.07, 6.45) is -1.31. The number of rotatable bonds is 1. The molecule has 7 nitrogen and oxygen atoms in total. The Morgan fingerprint density at radius 1 is 1.50 bits per heavy atom. The molecule has 2 fully saturated rings. The average Bonchev–Trinajstić information content (AvgIpc) is 2.77. The molecule has 0 aliphatic carbocycles. The zero-order valence-corrected chi connectivity index (χ0v) is 10.6. The summed E-state index contributed by atoms with van der Waals surface area (Å²) in [5.74, 6) is -0.608. The topological polar surface area (TPSA) is 95.2 Å². The van der Waals surface area contributed by atoms with Crippen LogP contribution in [0.3, 0.4) is 0 Å². The highest BCUT2D eigenvalue weighted by Crippen LogP contribution is 2.45. The molecule has 7 heteroatoms. The number of nitrogens with zero attached hydrogens (tertiary/aromatic N) is 1. The highest BCUT2D eigenvalue weighted by molar-refractivity contribution is 5.97. The summed E-state index contributed by atoms with van der Waals surface area (Å²) in [5, 5.41) is 2.85. The van der Waals surface area contributed by atoms with Crippen LogP contribution in [0.1, 0.15) is 20.8 Å². The van der Waals surface area contributed by atoms with Crippen LogP contribution >= 0.6 is 0 Å². The fraction of sp³-hybridized carbons (Fsp3) is 0.818. The van der Waals surface area contributed by atoms with E-state index in [0.29, 0.717) is 12.4 Å². The molecule has 4 atom stereocenters. The van der Waals surface area contributed by atoms with Crippen LogP contribution in [-0.2, 0) is 19.0 Å². The van der Waals surface area contributed by atoms with Gasteiger partial charge in [-0.1, -0.05) is 0 Å². The van der Waals surface area contributed by atoms with E-state index in [2.05, 4.69) is 10.3 Å². The summed E-state index contributed by atoms with van der Waals surface area (Å²) in [5.41, 5.74) is 5.07. The molecule has 0 saturated carbocycles. The first-order chi connectivity index (χ1) is 8.35. The molecule has 18 heavy (non-hydrogen) atoms. The van der Waals surface area contributed by atoms with E-state index in [1.807, 2.05) is 0 Å². The van der Waals surface area contributed by atoms with Gasteiger partial charge in [0, 0.05) is 6.92 Å². The van der Waals surface area contributed by atoms with Crippen molar-refractivity contribution in [2.45, 2.75) is 50.6 Å². The Labute approximate surface area is 105 Å². The van der Waals surface area contributed by atoms with Crippen LogP contribution in [0.2, 0.25) is 0 Å². The molecule has 3 N–H and O–H groups in total. The third kappa shape index (κ3) is 1.41. The Morgan fingerprint density at radius 3 is 2.89 bits per heavy atom. The van der Waals surface area contributed by atoms with Gasteiger partial charge in [-0.15, -0.1) is 0 Å². The molecule has 3 rings (SSSR count). The largest absolute Gasteiger partial charge is 0.385 e. The van der Waals surface area contributed by atoms with Gasteiger partial charge >= 0.3 is 0 Å². The Kier molecular flexibility index (Phi) is 2.27. The number of nitrogens with two attached hydrogens (primary N) is 1. The van der Waals surface area contributed by atoms with Gasteiger partial charge in [0.15, 0.2) is 17.6 Å². The molecule has 2 saturated heterocycles. The number of aliphatic imine (C=N–C) groups is 1. The smallest absolute Gasteiger partial charge is 0.217 e. The molecule has 100 valence electrons. The van der Waals surface area contributed by atoms with Crippen LogP contribution in [0.5, 0.6) is 0 Å². The fourth-order valence-corrected chi connectivity index (χ4v) is 2.91. The Balaban J connectivity index is 1.99. The molecule has 1 amide bonds. The van der Waals surface area contributed by atoms with E-state index in [0.717, 1.165) is 0 Å². The first kappa shape index (κ1) is 11.9. The number of carbonyl (C=O) groups excluding carboxylic acids is 1. The zero-order chi connectivity index (χ0) is 13.1. The van der Waals surface area contributed by atoms with Crippen LogP contribution in [0.4, 0.5) is 0 Å². The molecule has 0 bridgehead atoms. The quantitative estimate of drug-likeness (QED) is 0.633. The lowest BCUT2D eigenvalue weighted by atomic mass is 9.88. The van der Waals surface area contributed by atoms with Gasteiger partial charge in [0.25, 0.3) is 0 Å². The first-order valence-corrected chi connectivity index (χ1v) is 5.95. The standard InChI is InChI=1S/C11H17N3O4/c1-5(15)14-11-6(4-13-9(11)12)16-8-7(11)17-10(2,3)18-8/h6-8H,4H2,1-3H3,(H2,12,13)(H,14,15)/t6-,7+,8-,11-/m1/s1. The fourth-order valence-electron chi connectivity index (χ4n) is 2.91. The number of fused-ring (bicyclic) bond motifs is 3. The summed E-state index contributed by atoms with van der Waals surface area (Å²) in [6, 6.07) is 0. The molecule has 0 spiro atoms. The second-order valence-corrected chi connectivity index (χ2v) is 5.33. The van der Waals surface area contributed by atoms with Gasteiger partial charge in [-0.05, 0) is 13.8 Å². The summed E-state index contributed by atoms with van der Waals surface area (Å²) < 4.78 is 17.3. The molecule has 3 aliphatic heterocycles. The van der Waals surface area contributed by atoms with E-state index in [9.17, 15) is 4.79 Å². The van der Waals surface area contributed by atoms with E-state index in [1.54, 1.807) is 13.8 Å². The molecule has 0 aromatic heterocycles. The molecular weight excluding hydrogens is 238 g/mol. The van der Waals surface area contributed by atoms with Gasteiger partial charge in [0.2, 0.25) is 5.91 Å². The number of amides is 1. The van der Waals surface area contributed by atoms with Crippen LogP contribution < -0.4 is 11.1 Å². The van der Waals surface area contributed by atoms with Gasteiger partial charge in [-0.25, -0.2) is 0 Å². The van der Waals surface area contributed by atoms with E-state index >= 15 is 0 Å². The van der Waals surface area contributed by atoms with Gasteiger partial charge in [-0.2, -0.15) is 0 Å². The highest BCUT2D eigenvalue weighted by Gasteiger charge is 2.67. The van der Waals surface area contributed by atoms with Crippen molar-refractivity contribution in [1.82, 2.24) is 5.32 Å².